The number of imidazole rings is 1. The molecule has 0 aliphatic rings. The number of nitrogens with zero attached hydrogens (tertiary/aromatic N) is 2. The van der Waals surface area contributed by atoms with Crippen LogP contribution in [-0.4, -0.2) is 33.9 Å². The maximum absolute atomic E-state index is 9.13. The van der Waals surface area contributed by atoms with Crippen molar-refractivity contribution in [3.8, 4) is 0 Å². The summed E-state index contributed by atoms with van der Waals surface area (Å²) in [5, 5.41) is 12.2. The van der Waals surface area contributed by atoms with E-state index < -0.39 is 0 Å². The summed E-state index contributed by atoms with van der Waals surface area (Å²) in [4.78, 5) is 3.95. The van der Waals surface area contributed by atoms with Crippen molar-refractivity contribution in [3.63, 3.8) is 0 Å². The Balaban J connectivity index is 2.41. The summed E-state index contributed by atoms with van der Waals surface area (Å²) in [6.07, 6.45) is 6.35. The maximum atomic E-state index is 9.13. The van der Waals surface area contributed by atoms with Gasteiger partial charge in [-0.25, -0.2) is 4.98 Å². The molecule has 4 heteroatoms. The lowest BCUT2D eigenvalue weighted by atomic mass is 9.99. The Kier molecular flexibility index (Phi) is 3.45. The zero-order valence-corrected chi connectivity index (χ0v) is 8.20. The molecule has 74 valence electrons. The van der Waals surface area contributed by atoms with Crippen LogP contribution in [0.3, 0.4) is 0 Å². The first kappa shape index (κ1) is 10.2. The molecule has 2 N–H and O–H groups in total. The second-order valence-electron chi connectivity index (χ2n) is 3.52. The van der Waals surface area contributed by atoms with Gasteiger partial charge in [0.15, 0.2) is 0 Å². The van der Waals surface area contributed by atoms with E-state index >= 15 is 0 Å². The number of aryl methyl sites for hydroxylation is 1. The first-order valence-electron chi connectivity index (χ1n) is 4.46. The Morgan fingerprint density at radius 2 is 2.38 bits per heavy atom. The lowest BCUT2D eigenvalue weighted by molar-refractivity contribution is 0.169. The van der Waals surface area contributed by atoms with Crippen molar-refractivity contribution < 1.29 is 5.11 Å². The first-order valence-corrected chi connectivity index (χ1v) is 4.46. The van der Waals surface area contributed by atoms with Crippen molar-refractivity contribution >= 4 is 0 Å². The number of likely N-dealkylation sites (N-methyl/N-ethyl adjacent to an activating group) is 1. The highest BCUT2D eigenvalue weighted by Gasteiger charge is 2.19. The Morgan fingerprint density at radius 1 is 1.62 bits per heavy atom. The van der Waals surface area contributed by atoms with Crippen molar-refractivity contribution in [2.24, 2.45) is 0 Å². The predicted octanol–water partition coefficient (Wildman–Crippen LogP) is 0.244. The highest BCUT2D eigenvalue weighted by molar-refractivity contribution is 4.82. The average Bonchev–Trinajstić information content (AvgIpc) is 2.67. The summed E-state index contributed by atoms with van der Waals surface area (Å²) < 4.78 is 2.01. The van der Waals surface area contributed by atoms with E-state index in [1.807, 2.05) is 24.7 Å². The third kappa shape index (κ3) is 2.82. The molecule has 1 atom stereocenters. The predicted molar refractivity (Wildman–Crippen MR) is 51.4 cm³/mol. The first-order chi connectivity index (χ1) is 6.20. The van der Waals surface area contributed by atoms with Crippen LogP contribution >= 0.6 is 0 Å². The fourth-order valence-electron chi connectivity index (χ4n) is 1.08. The number of aromatic nitrogens is 2. The van der Waals surface area contributed by atoms with Gasteiger partial charge in [-0.15, -0.1) is 0 Å². The van der Waals surface area contributed by atoms with Crippen molar-refractivity contribution in [1.29, 1.82) is 0 Å². The van der Waals surface area contributed by atoms with Gasteiger partial charge in [0, 0.05) is 24.5 Å². The second kappa shape index (κ2) is 4.39. The van der Waals surface area contributed by atoms with E-state index in [9.17, 15) is 0 Å². The van der Waals surface area contributed by atoms with Gasteiger partial charge in [0.1, 0.15) is 0 Å². The van der Waals surface area contributed by atoms with Crippen molar-refractivity contribution in [3.05, 3.63) is 18.7 Å². The molecule has 0 spiro atoms. The number of aliphatic hydroxyl groups is 1. The molecule has 13 heavy (non-hydrogen) atoms. The largest absolute Gasteiger partial charge is 0.394 e. The molecule has 0 bridgehead atoms. The lowest BCUT2D eigenvalue weighted by Crippen LogP contribution is -2.44. The average molecular weight is 183 g/mol. The molecule has 1 aromatic rings. The Labute approximate surface area is 78.6 Å². The second-order valence-corrected chi connectivity index (χ2v) is 3.52. The maximum Gasteiger partial charge on any atom is 0.0945 e. The third-order valence-corrected chi connectivity index (χ3v) is 2.43. The monoisotopic (exact) mass is 183 g/mol. The quantitative estimate of drug-likeness (QED) is 0.687. The molecule has 4 nitrogen and oxygen atoms in total. The minimum Gasteiger partial charge on any atom is -0.394 e. The summed E-state index contributed by atoms with van der Waals surface area (Å²) in [6, 6.07) is 0. The van der Waals surface area contributed by atoms with Crippen LogP contribution in [0.2, 0.25) is 0 Å². The van der Waals surface area contributed by atoms with Crippen LogP contribution in [0.1, 0.15) is 13.3 Å². The Morgan fingerprint density at radius 3 is 2.85 bits per heavy atom. The van der Waals surface area contributed by atoms with Gasteiger partial charge in [0.25, 0.3) is 0 Å². The van der Waals surface area contributed by atoms with E-state index in [0.717, 1.165) is 13.0 Å². The molecule has 1 heterocycles. The SMILES string of the molecule is CNC(C)(CO)CCn1ccnc1. The third-order valence-electron chi connectivity index (χ3n) is 2.43. The number of rotatable bonds is 5. The smallest absolute Gasteiger partial charge is 0.0945 e. The molecule has 0 saturated carbocycles. The van der Waals surface area contributed by atoms with Crippen LogP contribution < -0.4 is 5.32 Å². The van der Waals surface area contributed by atoms with E-state index in [0.29, 0.717) is 0 Å². The minimum atomic E-state index is -0.190. The van der Waals surface area contributed by atoms with Crippen LogP contribution in [0.5, 0.6) is 0 Å². The fraction of sp³-hybridized carbons (Fsp3) is 0.667. The van der Waals surface area contributed by atoms with Crippen LogP contribution in [0, 0.1) is 0 Å². The normalized spacial score (nSPS) is 15.6. The van der Waals surface area contributed by atoms with Crippen molar-refractivity contribution in [2.75, 3.05) is 13.7 Å². The molecule has 0 fully saturated rings. The molecule has 0 radical (unpaired) electrons. The van der Waals surface area contributed by atoms with Gasteiger partial charge in [-0.2, -0.15) is 0 Å². The minimum absolute atomic E-state index is 0.151. The molecule has 0 amide bonds. The number of aliphatic hydroxyl groups excluding tert-OH is 1. The van der Waals surface area contributed by atoms with E-state index in [4.69, 9.17) is 5.11 Å². The van der Waals surface area contributed by atoms with Gasteiger partial charge in [-0.05, 0) is 20.4 Å². The molecule has 1 aromatic heterocycles. The van der Waals surface area contributed by atoms with E-state index in [-0.39, 0.29) is 12.1 Å². The van der Waals surface area contributed by atoms with Gasteiger partial charge in [0.2, 0.25) is 0 Å². The van der Waals surface area contributed by atoms with Gasteiger partial charge >= 0.3 is 0 Å². The van der Waals surface area contributed by atoms with Crippen LogP contribution in [0.15, 0.2) is 18.7 Å². The summed E-state index contributed by atoms with van der Waals surface area (Å²) >= 11 is 0. The van der Waals surface area contributed by atoms with E-state index in [1.165, 1.54) is 0 Å². The summed E-state index contributed by atoms with van der Waals surface area (Å²) in [5.74, 6) is 0. The van der Waals surface area contributed by atoms with Crippen LogP contribution in [0.4, 0.5) is 0 Å². The Hall–Kier alpha value is -0.870. The summed E-state index contributed by atoms with van der Waals surface area (Å²) in [5.41, 5.74) is -0.190. The number of hydrogen-bond acceptors (Lipinski definition) is 3. The topological polar surface area (TPSA) is 50.1 Å². The van der Waals surface area contributed by atoms with Gasteiger partial charge in [-0.3, -0.25) is 0 Å². The molecular formula is C9H17N3O. The van der Waals surface area contributed by atoms with Crippen molar-refractivity contribution in [2.45, 2.75) is 25.4 Å². The Bertz CT molecular complexity index is 229. The van der Waals surface area contributed by atoms with E-state index in [2.05, 4.69) is 10.3 Å². The van der Waals surface area contributed by atoms with Gasteiger partial charge in [-0.1, -0.05) is 0 Å². The standard InChI is InChI=1S/C9H17N3O/c1-9(7-13,10-2)3-5-12-6-4-11-8-12/h4,6,8,10,13H,3,5,7H2,1-2H3. The van der Waals surface area contributed by atoms with Gasteiger partial charge < -0.3 is 15.0 Å². The molecule has 0 aliphatic heterocycles. The van der Waals surface area contributed by atoms with Crippen LogP contribution in [-0.2, 0) is 6.54 Å². The van der Waals surface area contributed by atoms with E-state index in [1.54, 1.807) is 12.5 Å². The molecule has 0 aliphatic carbocycles. The highest BCUT2D eigenvalue weighted by Crippen LogP contribution is 2.09. The molecule has 0 saturated heterocycles. The molecule has 1 unspecified atom stereocenters. The number of hydrogen-bond donors (Lipinski definition) is 2. The summed E-state index contributed by atoms with van der Waals surface area (Å²) in [7, 11) is 1.87. The fourth-order valence-corrected chi connectivity index (χ4v) is 1.08. The zero-order valence-electron chi connectivity index (χ0n) is 8.20. The van der Waals surface area contributed by atoms with Crippen LogP contribution in [0.25, 0.3) is 0 Å². The molecule has 0 aromatic carbocycles. The van der Waals surface area contributed by atoms with Crippen molar-refractivity contribution in [1.82, 2.24) is 14.9 Å². The number of nitrogens with one attached hydrogen (secondary N) is 1. The van der Waals surface area contributed by atoms with Gasteiger partial charge in [0.05, 0.1) is 12.9 Å². The lowest BCUT2D eigenvalue weighted by Gasteiger charge is -2.26. The summed E-state index contributed by atoms with van der Waals surface area (Å²) in [6.45, 7) is 3.03. The molecular weight excluding hydrogens is 166 g/mol. The highest BCUT2D eigenvalue weighted by atomic mass is 16.3. The zero-order chi connectivity index (χ0) is 9.73. The molecule has 1 rings (SSSR count).